The van der Waals surface area contributed by atoms with Crippen molar-refractivity contribution in [2.24, 2.45) is 0 Å². The maximum absolute atomic E-state index is 12.9. The molecule has 1 aliphatic heterocycles. The molecule has 3 rings (SSSR count). The van der Waals surface area contributed by atoms with Crippen LogP contribution in [0.15, 0.2) is 48.8 Å². The fourth-order valence-electron chi connectivity index (χ4n) is 2.61. The first kappa shape index (κ1) is 17.2. The molecule has 2 aromatic rings. The molecule has 116 valence electrons. The van der Waals surface area contributed by atoms with Crippen molar-refractivity contribution in [3.05, 3.63) is 63.5 Å². The third kappa shape index (κ3) is 3.59. The standard InChI is InChI=1S/C16H16IN3O.ClH/c17-14-6-2-1-5-13(14)16(21)20-9-8-19-11-15(20)12-4-3-7-18-10-12;/h1-7,10,15,19H,8-9,11H2;1H. The third-order valence-electron chi connectivity index (χ3n) is 3.68. The number of halogens is 2. The summed E-state index contributed by atoms with van der Waals surface area (Å²) in [6.07, 6.45) is 3.60. The van der Waals surface area contributed by atoms with E-state index in [0.717, 1.165) is 27.8 Å². The number of rotatable bonds is 2. The van der Waals surface area contributed by atoms with Gasteiger partial charge in [0.05, 0.1) is 11.6 Å². The summed E-state index contributed by atoms with van der Waals surface area (Å²) in [7, 11) is 0. The predicted molar refractivity (Wildman–Crippen MR) is 97.3 cm³/mol. The van der Waals surface area contributed by atoms with Gasteiger partial charge in [0.2, 0.25) is 0 Å². The Kier molecular flexibility index (Phi) is 6.16. The largest absolute Gasteiger partial charge is 0.329 e. The number of nitrogens with one attached hydrogen (secondary N) is 1. The molecule has 1 aromatic heterocycles. The topological polar surface area (TPSA) is 45.2 Å². The first-order valence-electron chi connectivity index (χ1n) is 6.93. The maximum atomic E-state index is 12.9. The Labute approximate surface area is 149 Å². The average Bonchev–Trinajstić information content (AvgIpc) is 2.55. The van der Waals surface area contributed by atoms with Crippen molar-refractivity contribution in [1.29, 1.82) is 0 Å². The van der Waals surface area contributed by atoms with Crippen LogP contribution >= 0.6 is 35.0 Å². The molecule has 4 nitrogen and oxygen atoms in total. The lowest BCUT2D eigenvalue weighted by Gasteiger charge is -2.36. The second-order valence-electron chi connectivity index (χ2n) is 4.98. The number of carbonyl (C=O) groups excluding carboxylic acids is 1. The fraction of sp³-hybridized carbons (Fsp3) is 0.250. The molecule has 6 heteroatoms. The molecule has 1 unspecified atom stereocenters. The van der Waals surface area contributed by atoms with E-state index in [9.17, 15) is 4.79 Å². The quantitative estimate of drug-likeness (QED) is 0.747. The van der Waals surface area contributed by atoms with E-state index in [1.54, 1.807) is 6.20 Å². The number of piperazine rings is 1. The Morgan fingerprint density at radius 3 is 2.82 bits per heavy atom. The number of amides is 1. The van der Waals surface area contributed by atoms with Crippen LogP contribution in [-0.2, 0) is 0 Å². The van der Waals surface area contributed by atoms with Crippen molar-refractivity contribution in [3.8, 4) is 0 Å². The molecule has 1 aromatic carbocycles. The Hall–Kier alpha value is -1.18. The lowest BCUT2D eigenvalue weighted by atomic mass is 10.0. The van der Waals surface area contributed by atoms with Crippen molar-refractivity contribution < 1.29 is 4.79 Å². The van der Waals surface area contributed by atoms with Crippen LogP contribution in [0, 0.1) is 3.57 Å². The van der Waals surface area contributed by atoms with Crippen molar-refractivity contribution >= 4 is 40.9 Å². The average molecular weight is 430 g/mol. The predicted octanol–water partition coefficient (Wildman–Crippen LogP) is 2.89. The molecule has 0 saturated carbocycles. The number of carbonyl (C=O) groups is 1. The molecule has 1 aliphatic rings. The minimum atomic E-state index is 0. The van der Waals surface area contributed by atoms with E-state index in [1.165, 1.54) is 0 Å². The molecule has 0 bridgehead atoms. The van der Waals surface area contributed by atoms with Gasteiger partial charge in [-0.3, -0.25) is 9.78 Å². The van der Waals surface area contributed by atoms with E-state index in [1.807, 2.05) is 47.5 Å². The first-order valence-corrected chi connectivity index (χ1v) is 8.01. The van der Waals surface area contributed by atoms with Crippen LogP contribution in [-0.4, -0.2) is 35.4 Å². The lowest BCUT2D eigenvalue weighted by molar-refractivity contribution is 0.0633. The van der Waals surface area contributed by atoms with E-state index in [-0.39, 0.29) is 24.4 Å². The molecule has 1 fully saturated rings. The molecule has 1 atom stereocenters. The molecule has 0 aliphatic carbocycles. The van der Waals surface area contributed by atoms with Gasteiger partial charge in [0.1, 0.15) is 0 Å². The van der Waals surface area contributed by atoms with Gasteiger partial charge in [0.15, 0.2) is 0 Å². The number of nitrogens with zero attached hydrogens (tertiary/aromatic N) is 2. The Bertz CT molecular complexity index is 638. The van der Waals surface area contributed by atoms with E-state index in [4.69, 9.17) is 0 Å². The second-order valence-corrected chi connectivity index (χ2v) is 6.15. The summed E-state index contributed by atoms with van der Waals surface area (Å²) in [6, 6.07) is 11.7. The van der Waals surface area contributed by atoms with Crippen molar-refractivity contribution in [2.75, 3.05) is 19.6 Å². The number of benzene rings is 1. The van der Waals surface area contributed by atoms with Crippen LogP contribution < -0.4 is 5.32 Å². The van der Waals surface area contributed by atoms with Crippen molar-refractivity contribution in [2.45, 2.75) is 6.04 Å². The number of aromatic nitrogens is 1. The third-order valence-corrected chi connectivity index (χ3v) is 4.62. The highest BCUT2D eigenvalue weighted by atomic mass is 127. The SMILES string of the molecule is Cl.O=C(c1ccccc1I)N1CCNCC1c1cccnc1. The zero-order valence-corrected chi connectivity index (χ0v) is 14.9. The Morgan fingerprint density at radius 2 is 2.09 bits per heavy atom. The molecule has 1 amide bonds. The van der Waals surface area contributed by atoms with Gasteiger partial charge in [-0.25, -0.2) is 0 Å². The summed E-state index contributed by atoms with van der Waals surface area (Å²) in [6.45, 7) is 2.30. The van der Waals surface area contributed by atoms with Gasteiger partial charge in [0, 0.05) is 35.6 Å². The molecule has 1 N–H and O–H groups in total. The second kappa shape index (κ2) is 7.89. The molecule has 0 spiro atoms. The maximum Gasteiger partial charge on any atom is 0.255 e. The molecule has 1 saturated heterocycles. The molecular formula is C16H17ClIN3O. The van der Waals surface area contributed by atoms with Crippen molar-refractivity contribution in [1.82, 2.24) is 15.2 Å². The molecule has 2 heterocycles. The van der Waals surface area contributed by atoms with Crippen LogP contribution in [0.3, 0.4) is 0 Å². The monoisotopic (exact) mass is 429 g/mol. The minimum absolute atomic E-state index is 0. The van der Waals surface area contributed by atoms with E-state index in [0.29, 0.717) is 6.54 Å². The number of hydrogen-bond donors (Lipinski definition) is 1. The summed E-state index contributed by atoms with van der Waals surface area (Å²) < 4.78 is 0.989. The van der Waals surface area contributed by atoms with Crippen LogP contribution in [0.25, 0.3) is 0 Å². The van der Waals surface area contributed by atoms with Gasteiger partial charge in [-0.05, 0) is 46.4 Å². The van der Waals surface area contributed by atoms with E-state index in [2.05, 4.69) is 32.9 Å². The summed E-state index contributed by atoms with van der Waals surface area (Å²) in [5.41, 5.74) is 1.85. The van der Waals surface area contributed by atoms with Crippen LogP contribution in [0.1, 0.15) is 22.0 Å². The summed E-state index contributed by atoms with van der Waals surface area (Å²) in [5.74, 6) is 0.0929. The van der Waals surface area contributed by atoms with Gasteiger partial charge in [-0.15, -0.1) is 12.4 Å². The fourth-order valence-corrected chi connectivity index (χ4v) is 3.23. The van der Waals surface area contributed by atoms with Crippen LogP contribution in [0.5, 0.6) is 0 Å². The zero-order chi connectivity index (χ0) is 14.7. The van der Waals surface area contributed by atoms with Crippen molar-refractivity contribution in [3.63, 3.8) is 0 Å². The highest BCUT2D eigenvalue weighted by Gasteiger charge is 2.29. The van der Waals surface area contributed by atoms with Crippen LogP contribution in [0.2, 0.25) is 0 Å². The molecular weight excluding hydrogens is 413 g/mol. The van der Waals surface area contributed by atoms with Crippen LogP contribution in [0.4, 0.5) is 0 Å². The Balaban J connectivity index is 0.00000176. The zero-order valence-electron chi connectivity index (χ0n) is 11.9. The summed E-state index contributed by atoms with van der Waals surface area (Å²) in [4.78, 5) is 19.0. The normalized spacial score (nSPS) is 17.7. The summed E-state index contributed by atoms with van der Waals surface area (Å²) in [5, 5.41) is 3.36. The first-order chi connectivity index (χ1) is 10.3. The van der Waals surface area contributed by atoms with E-state index < -0.39 is 0 Å². The Morgan fingerprint density at radius 1 is 1.27 bits per heavy atom. The van der Waals surface area contributed by atoms with Gasteiger partial charge < -0.3 is 10.2 Å². The number of hydrogen-bond acceptors (Lipinski definition) is 3. The molecule has 0 radical (unpaired) electrons. The van der Waals surface area contributed by atoms with Gasteiger partial charge in [0.25, 0.3) is 5.91 Å². The minimum Gasteiger partial charge on any atom is -0.329 e. The van der Waals surface area contributed by atoms with E-state index >= 15 is 0 Å². The smallest absolute Gasteiger partial charge is 0.255 e. The highest BCUT2D eigenvalue weighted by molar-refractivity contribution is 14.1. The lowest BCUT2D eigenvalue weighted by Crippen LogP contribution is -2.48. The molecule has 22 heavy (non-hydrogen) atoms. The van der Waals surface area contributed by atoms with Gasteiger partial charge >= 0.3 is 0 Å². The number of pyridine rings is 1. The van der Waals surface area contributed by atoms with Gasteiger partial charge in [-0.2, -0.15) is 0 Å². The van der Waals surface area contributed by atoms with Gasteiger partial charge in [-0.1, -0.05) is 18.2 Å². The highest BCUT2D eigenvalue weighted by Crippen LogP contribution is 2.25. The summed E-state index contributed by atoms with van der Waals surface area (Å²) >= 11 is 2.22.